The van der Waals surface area contributed by atoms with Crippen molar-refractivity contribution in [3.63, 3.8) is 0 Å². The molecular formula is C13H19FN2O. The van der Waals surface area contributed by atoms with Gasteiger partial charge in [-0.1, -0.05) is 32.0 Å². The van der Waals surface area contributed by atoms with Crippen molar-refractivity contribution in [2.75, 3.05) is 0 Å². The topological polar surface area (TPSA) is 55.1 Å². The quantitative estimate of drug-likeness (QED) is 0.842. The molecule has 0 aromatic heterocycles. The molecule has 0 aliphatic rings. The first-order valence-corrected chi connectivity index (χ1v) is 5.74. The van der Waals surface area contributed by atoms with E-state index in [4.69, 9.17) is 5.73 Å². The minimum atomic E-state index is -0.566. The Morgan fingerprint density at radius 2 is 1.88 bits per heavy atom. The molecule has 0 radical (unpaired) electrons. The van der Waals surface area contributed by atoms with Gasteiger partial charge >= 0.3 is 0 Å². The molecule has 3 N–H and O–H groups in total. The predicted octanol–water partition coefficient (Wildman–Crippen LogP) is 1.99. The van der Waals surface area contributed by atoms with Crippen molar-refractivity contribution >= 4 is 5.91 Å². The molecule has 17 heavy (non-hydrogen) atoms. The van der Waals surface area contributed by atoms with Gasteiger partial charge in [-0.15, -0.1) is 0 Å². The number of hydrogen-bond acceptors (Lipinski definition) is 2. The predicted molar refractivity (Wildman–Crippen MR) is 65.8 cm³/mol. The lowest BCUT2D eigenvalue weighted by Gasteiger charge is -2.20. The number of benzene rings is 1. The molecule has 4 heteroatoms. The van der Waals surface area contributed by atoms with Crippen molar-refractivity contribution in [2.45, 2.75) is 32.9 Å². The molecule has 0 unspecified atom stereocenters. The third kappa shape index (κ3) is 3.53. The normalized spacial score (nSPS) is 14.5. The fraction of sp³-hybridized carbons (Fsp3) is 0.462. The zero-order valence-electron chi connectivity index (χ0n) is 10.4. The highest BCUT2D eigenvalue weighted by atomic mass is 19.1. The van der Waals surface area contributed by atoms with Crippen LogP contribution in [0.5, 0.6) is 0 Å². The molecular weight excluding hydrogens is 219 g/mol. The van der Waals surface area contributed by atoms with E-state index in [-0.39, 0.29) is 23.7 Å². The summed E-state index contributed by atoms with van der Waals surface area (Å²) in [5, 5.41) is 2.71. The Morgan fingerprint density at radius 3 is 2.41 bits per heavy atom. The van der Waals surface area contributed by atoms with Gasteiger partial charge in [0.15, 0.2) is 0 Å². The molecule has 0 saturated carbocycles. The zero-order valence-corrected chi connectivity index (χ0v) is 10.4. The lowest BCUT2D eigenvalue weighted by molar-refractivity contribution is -0.123. The van der Waals surface area contributed by atoms with Crippen molar-refractivity contribution in [2.24, 2.45) is 11.7 Å². The first kappa shape index (κ1) is 13.6. The summed E-state index contributed by atoms with van der Waals surface area (Å²) in [5.41, 5.74) is 6.19. The second-order valence-electron chi connectivity index (χ2n) is 4.52. The summed E-state index contributed by atoms with van der Waals surface area (Å²) in [6.07, 6.45) is 0. The third-order valence-corrected chi connectivity index (χ3v) is 2.75. The fourth-order valence-corrected chi connectivity index (χ4v) is 1.52. The van der Waals surface area contributed by atoms with Crippen LogP contribution in [-0.2, 0) is 4.79 Å². The van der Waals surface area contributed by atoms with Crippen LogP contribution in [-0.4, -0.2) is 11.9 Å². The van der Waals surface area contributed by atoms with Gasteiger partial charge in [0.1, 0.15) is 5.82 Å². The van der Waals surface area contributed by atoms with Crippen LogP contribution in [0.25, 0.3) is 0 Å². The minimum Gasteiger partial charge on any atom is -0.348 e. The summed E-state index contributed by atoms with van der Waals surface area (Å²) < 4.78 is 13.5. The Balaban J connectivity index is 2.70. The van der Waals surface area contributed by atoms with Crippen LogP contribution >= 0.6 is 0 Å². The molecule has 0 aliphatic carbocycles. The van der Waals surface area contributed by atoms with E-state index < -0.39 is 6.04 Å². The molecule has 0 saturated heterocycles. The molecule has 0 fully saturated rings. The number of nitrogens with two attached hydrogens (primary N) is 1. The van der Waals surface area contributed by atoms with Crippen molar-refractivity contribution in [1.82, 2.24) is 5.32 Å². The van der Waals surface area contributed by atoms with Crippen molar-refractivity contribution in [1.29, 1.82) is 0 Å². The Bertz CT molecular complexity index is 393. The number of rotatable bonds is 4. The Kier molecular flexibility index (Phi) is 4.63. The molecule has 1 aromatic rings. The van der Waals surface area contributed by atoms with Gasteiger partial charge in [-0.25, -0.2) is 4.39 Å². The SMILES string of the molecule is CC(C)[C@H](N)C(=O)N[C@H](C)c1ccccc1F. The van der Waals surface area contributed by atoms with E-state index in [1.54, 1.807) is 25.1 Å². The van der Waals surface area contributed by atoms with E-state index in [0.717, 1.165) is 0 Å². The highest BCUT2D eigenvalue weighted by Crippen LogP contribution is 2.16. The number of nitrogens with one attached hydrogen (secondary N) is 1. The molecule has 0 spiro atoms. The molecule has 0 aliphatic heterocycles. The van der Waals surface area contributed by atoms with Gasteiger partial charge in [-0.05, 0) is 18.9 Å². The Hall–Kier alpha value is -1.42. The Morgan fingerprint density at radius 1 is 1.29 bits per heavy atom. The Labute approximate surface area is 101 Å². The van der Waals surface area contributed by atoms with E-state index in [1.807, 2.05) is 13.8 Å². The van der Waals surface area contributed by atoms with Crippen LogP contribution in [0.4, 0.5) is 4.39 Å². The average Bonchev–Trinajstić information content (AvgIpc) is 2.28. The second-order valence-corrected chi connectivity index (χ2v) is 4.52. The van der Waals surface area contributed by atoms with Gasteiger partial charge in [0, 0.05) is 5.56 Å². The zero-order chi connectivity index (χ0) is 13.0. The van der Waals surface area contributed by atoms with Gasteiger partial charge in [-0.3, -0.25) is 4.79 Å². The van der Waals surface area contributed by atoms with Gasteiger partial charge in [0.25, 0.3) is 0 Å². The molecule has 3 nitrogen and oxygen atoms in total. The van der Waals surface area contributed by atoms with Gasteiger partial charge < -0.3 is 11.1 Å². The second kappa shape index (κ2) is 5.77. The summed E-state index contributed by atoms with van der Waals surface area (Å²) in [7, 11) is 0. The van der Waals surface area contributed by atoms with Gasteiger partial charge in [-0.2, -0.15) is 0 Å². The highest BCUT2D eigenvalue weighted by Gasteiger charge is 2.20. The van der Waals surface area contributed by atoms with Crippen molar-refractivity contribution in [3.8, 4) is 0 Å². The molecule has 1 amide bonds. The summed E-state index contributed by atoms with van der Waals surface area (Å²) >= 11 is 0. The largest absolute Gasteiger partial charge is 0.348 e. The maximum Gasteiger partial charge on any atom is 0.237 e. The van der Waals surface area contributed by atoms with Crippen LogP contribution < -0.4 is 11.1 Å². The smallest absolute Gasteiger partial charge is 0.237 e. The molecule has 1 aromatic carbocycles. The molecule has 94 valence electrons. The first-order chi connectivity index (χ1) is 7.93. The van der Waals surface area contributed by atoms with Crippen molar-refractivity contribution < 1.29 is 9.18 Å². The van der Waals surface area contributed by atoms with Crippen molar-refractivity contribution in [3.05, 3.63) is 35.6 Å². The summed E-state index contributed by atoms with van der Waals surface area (Å²) in [4.78, 5) is 11.7. The molecule has 0 bridgehead atoms. The monoisotopic (exact) mass is 238 g/mol. The number of halogens is 1. The van der Waals surface area contributed by atoms with Crippen LogP contribution in [0.2, 0.25) is 0 Å². The summed E-state index contributed by atoms with van der Waals surface area (Å²) in [5.74, 6) is -0.517. The van der Waals surface area contributed by atoms with Crippen LogP contribution in [0.3, 0.4) is 0 Å². The lowest BCUT2D eigenvalue weighted by atomic mass is 10.0. The van der Waals surface area contributed by atoms with E-state index in [0.29, 0.717) is 5.56 Å². The third-order valence-electron chi connectivity index (χ3n) is 2.75. The van der Waals surface area contributed by atoms with E-state index in [9.17, 15) is 9.18 Å². The number of carbonyl (C=O) groups is 1. The molecule has 0 heterocycles. The minimum absolute atomic E-state index is 0.0582. The maximum absolute atomic E-state index is 13.5. The van der Waals surface area contributed by atoms with Gasteiger partial charge in [0.2, 0.25) is 5.91 Å². The average molecular weight is 238 g/mol. The molecule has 2 atom stereocenters. The summed E-state index contributed by atoms with van der Waals surface area (Å²) in [6.45, 7) is 5.49. The van der Waals surface area contributed by atoms with Crippen LogP contribution in [0.15, 0.2) is 24.3 Å². The van der Waals surface area contributed by atoms with E-state index >= 15 is 0 Å². The molecule has 1 rings (SSSR count). The van der Waals surface area contributed by atoms with E-state index in [1.165, 1.54) is 6.07 Å². The number of carbonyl (C=O) groups excluding carboxylic acids is 1. The van der Waals surface area contributed by atoms with E-state index in [2.05, 4.69) is 5.32 Å². The first-order valence-electron chi connectivity index (χ1n) is 5.74. The van der Waals surface area contributed by atoms with Crippen LogP contribution in [0.1, 0.15) is 32.4 Å². The highest BCUT2D eigenvalue weighted by molar-refractivity contribution is 5.82. The standard InChI is InChI=1S/C13H19FN2O/c1-8(2)12(15)13(17)16-9(3)10-6-4-5-7-11(10)14/h4-9,12H,15H2,1-3H3,(H,16,17)/t9-,12+/m1/s1. The number of amides is 1. The lowest BCUT2D eigenvalue weighted by Crippen LogP contribution is -2.44. The van der Waals surface area contributed by atoms with Gasteiger partial charge in [0.05, 0.1) is 12.1 Å². The fourth-order valence-electron chi connectivity index (χ4n) is 1.52. The summed E-state index contributed by atoms with van der Waals surface area (Å²) in [6, 6.07) is 5.44. The maximum atomic E-state index is 13.5. The van der Waals surface area contributed by atoms with Crippen LogP contribution in [0, 0.1) is 11.7 Å². The number of hydrogen-bond donors (Lipinski definition) is 2.